The van der Waals surface area contributed by atoms with Crippen LogP contribution in [0.15, 0.2) is 30.3 Å². The number of carbonyl (C=O) groups is 1. The zero-order valence-corrected chi connectivity index (χ0v) is 10.7. The largest absolute Gasteiger partial charge is 0.466 e. The number of hydrogen-bond donors (Lipinski definition) is 1. The molecule has 2 N–H and O–H groups in total. The first-order chi connectivity index (χ1) is 8.75. The molecule has 1 aromatic rings. The lowest BCUT2D eigenvalue weighted by atomic mass is 10.0. The van der Waals surface area contributed by atoms with Gasteiger partial charge in [0.05, 0.1) is 6.61 Å². The van der Waals surface area contributed by atoms with Crippen LogP contribution in [0.5, 0.6) is 0 Å². The summed E-state index contributed by atoms with van der Waals surface area (Å²) in [5, 5.41) is 0. The van der Waals surface area contributed by atoms with Gasteiger partial charge in [-0.2, -0.15) is 0 Å². The van der Waals surface area contributed by atoms with Gasteiger partial charge < -0.3 is 10.5 Å². The van der Waals surface area contributed by atoms with Gasteiger partial charge in [0.15, 0.2) is 0 Å². The van der Waals surface area contributed by atoms with Crippen LogP contribution in [0.4, 0.5) is 0 Å². The summed E-state index contributed by atoms with van der Waals surface area (Å²) in [6, 6.07) is 9.78. The third-order valence-electron chi connectivity index (χ3n) is 3.37. The summed E-state index contributed by atoms with van der Waals surface area (Å²) in [4.78, 5) is 11.5. The van der Waals surface area contributed by atoms with Gasteiger partial charge in [0.2, 0.25) is 0 Å². The lowest BCUT2D eigenvalue weighted by molar-refractivity contribution is -0.144. The first-order valence-corrected chi connectivity index (χ1v) is 6.72. The van der Waals surface area contributed by atoms with Gasteiger partial charge in [0, 0.05) is 12.5 Å². The van der Waals surface area contributed by atoms with Crippen LogP contribution in [-0.2, 0) is 9.53 Å². The van der Waals surface area contributed by atoms with Crippen LogP contribution in [0.1, 0.15) is 43.7 Å². The van der Waals surface area contributed by atoms with Crippen LogP contribution in [0.2, 0.25) is 0 Å². The predicted molar refractivity (Wildman–Crippen MR) is 70.9 cm³/mol. The van der Waals surface area contributed by atoms with E-state index in [0.29, 0.717) is 19.4 Å². The highest BCUT2D eigenvalue weighted by Gasteiger charge is 2.21. The first-order valence-electron chi connectivity index (χ1n) is 6.72. The Kier molecular flexibility index (Phi) is 4.76. The number of carbonyl (C=O) groups excluding carboxylic acids is 1. The molecule has 0 saturated heterocycles. The normalized spacial score (nSPS) is 16.3. The molecule has 1 unspecified atom stereocenters. The number of esters is 1. The van der Waals surface area contributed by atoms with E-state index in [9.17, 15) is 4.79 Å². The van der Waals surface area contributed by atoms with Crippen molar-refractivity contribution in [2.24, 2.45) is 11.7 Å². The molecule has 0 spiro atoms. The molecule has 3 heteroatoms. The first kappa shape index (κ1) is 13.1. The molecule has 2 rings (SSSR count). The van der Waals surface area contributed by atoms with Crippen molar-refractivity contribution >= 4 is 5.97 Å². The van der Waals surface area contributed by atoms with Crippen LogP contribution in [0.25, 0.3) is 0 Å². The summed E-state index contributed by atoms with van der Waals surface area (Å²) >= 11 is 0. The summed E-state index contributed by atoms with van der Waals surface area (Å²) in [5.41, 5.74) is 7.09. The van der Waals surface area contributed by atoms with Crippen molar-refractivity contribution in [1.82, 2.24) is 0 Å². The maximum Gasteiger partial charge on any atom is 0.305 e. The van der Waals surface area contributed by atoms with Crippen molar-refractivity contribution in [2.75, 3.05) is 6.61 Å². The van der Waals surface area contributed by atoms with E-state index >= 15 is 0 Å². The molecule has 1 atom stereocenters. The van der Waals surface area contributed by atoms with Crippen molar-refractivity contribution in [1.29, 1.82) is 0 Å². The molecule has 1 fully saturated rings. The van der Waals surface area contributed by atoms with Gasteiger partial charge in [-0.05, 0) is 24.3 Å². The topological polar surface area (TPSA) is 52.3 Å². The highest BCUT2D eigenvalue weighted by Crippen LogP contribution is 2.32. The molecular weight excluding hydrogens is 226 g/mol. The van der Waals surface area contributed by atoms with Gasteiger partial charge in [-0.25, -0.2) is 0 Å². The predicted octanol–water partition coefficient (Wildman–Crippen LogP) is 2.81. The molecular formula is C15H21NO2. The number of rotatable bonds is 7. The fourth-order valence-corrected chi connectivity index (χ4v) is 1.96. The van der Waals surface area contributed by atoms with E-state index in [1.165, 1.54) is 12.8 Å². The van der Waals surface area contributed by atoms with E-state index in [0.717, 1.165) is 17.9 Å². The Morgan fingerprint density at radius 3 is 2.72 bits per heavy atom. The van der Waals surface area contributed by atoms with E-state index in [-0.39, 0.29) is 12.0 Å². The Balaban J connectivity index is 1.62. The third kappa shape index (κ3) is 4.49. The smallest absolute Gasteiger partial charge is 0.305 e. The maximum atomic E-state index is 11.5. The van der Waals surface area contributed by atoms with Crippen LogP contribution >= 0.6 is 0 Å². The second-order valence-corrected chi connectivity index (χ2v) is 5.01. The molecule has 1 aromatic carbocycles. The third-order valence-corrected chi connectivity index (χ3v) is 3.37. The Morgan fingerprint density at radius 1 is 1.33 bits per heavy atom. The average molecular weight is 247 g/mol. The van der Waals surface area contributed by atoms with Crippen LogP contribution in [0.3, 0.4) is 0 Å². The van der Waals surface area contributed by atoms with Crippen LogP contribution < -0.4 is 5.73 Å². The molecule has 3 nitrogen and oxygen atoms in total. The van der Waals surface area contributed by atoms with E-state index in [4.69, 9.17) is 10.5 Å². The molecule has 1 saturated carbocycles. The zero-order chi connectivity index (χ0) is 12.8. The van der Waals surface area contributed by atoms with Crippen molar-refractivity contribution in [3.63, 3.8) is 0 Å². The van der Waals surface area contributed by atoms with Crippen LogP contribution in [-0.4, -0.2) is 12.6 Å². The van der Waals surface area contributed by atoms with Crippen molar-refractivity contribution in [2.45, 2.75) is 38.1 Å². The van der Waals surface area contributed by atoms with Crippen molar-refractivity contribution in [3.05, 3.63) is 35.9 Å². The van der Waals surface area contributed by atoms with Crippen LogP contribution in [0, 0.1) is 5.92 Å². The molecule has 0 heterocycles. The second-order valence-electron chi connectivity index (χ2n) is 5.01. The molecule has 0 amide bonds. The molecule has 0 aromatic heterocycles. The Hall–Kier alpha value is -1.35. The maximum absolute atomic E-state index is 11.5. The zero-order valence-electron chi connectivity index (χ0n) is 10.7. The highest BCUT2D eigenvalue weighted by atomic mass is 16.5. The molecule has 1 aliphatic carbocycles. The molecule has 0 radical (unpaired) electrons. The molecule has 0 aliphatic heterocycles. The van der Waals surface area contributed by atoms with Gasteiger partial charge >= 0.3 is 5.97 Å². The number of ether oxygens (including phenoxy) is 1. The summed E-state index contributed by atoms with van der Waals surface area (Å²) in [6.07, 6.45) is 4.68. The molecule has 98 valence electrons. The van der Waals surface area contributed by atoms with Gasteiger partial charge in [0.25, 0.3) is 0 Å². The monoisotopic (exact) mass is 247 g/mol. The second kappa shape index (κ2) is 6.55. The lowest BCUT2D eigenvalue weighted by Gasteiger charge is -2.11. The number of hydrogen-bond acceptors (Lipinski definition) is 3. The summed E-state index contributed by atoms with van der Waals surface area (Å²) in [6.45, 7) is 0.573. The minimum absolute atomic E-state index is 0.0813. The van der Waals surface area contributed by atoms with Gasteiger partial charge in [-0.1, -0.05) is 43.2 Å². The lowest BCUT2D eigenvalue weighted by Crippen LogP contribution is -2.14. The Bertz CT molecular complexity index is 373. The average Bonchev–Trinajstić information content (AvgIpc) is 3.21. The van der Waals surface area contributed by atoms with Gasteiger partial charge in [0.1, 0.15) is 0 Å². The van der Waals surface area contributed by atoms with E-state index in [1.54, 1.807) is 0 Å². The molecule has 0 bridgehead atoms. The fraction of sp³-hybridized carbons (Fsp3) is 0.533. The quantitative estimate of drug-likeness (QED) is 0.754. The molecule has 1 aliphatic rings. The SMILES string of the molecule is NC(CCC(=O)OCCC1CC1)c1ccccc1. The van der Waals surface area contributed by atoms with Gasteiger partial charge in [-0.3, -0.25) is 4.79 Å². The summed E-state index contributed by atoms with van der Waals surface area (Å²) in [7, 11) is 0. The van der Waals surface area contributed by atoms with E-state index < -0.39 is 0 Å². The van der Waals surface area contributed by atoms with Crippen molar-refractivity contribution in [3.8, 4) is 0 Å². The minimum atomic E-state index is -0.123. The van der Waals surface area contributed by atoms with E-state index in [1.807, 2.05) is 30.3 Å². The van der Waals surface area contributed by atoms with E-state index in [2.05, 4.69) is 0 Å². The standard InChI is InChI=1S/C15H21NO2/c16-14(13-4-2-1-3-5-13)8-9-15(17)18-11-10-12-6-7-12/h1-5,12,14H,6-11,16H2. The Morgan fingerprint density at radius 2 is 2.06 bits per heavy atom. The Labute approximate surface area is 108 Å². The minimum Gasteiger partial charge on any atom is -0.466 e. The van der Waals surface area contributed by atoms with Gasteiger partial charge in [-0.15, -0.1) is 0 Å². The molecule has 18 heavy (non-hydrogen) atoms. The number of benzene rings is 1. The summed E-state index contributed by atoms with van der Waals surface area (Å²) in [5.74, 6) is 0.686. The van der Waals surface area contributed by atoms with Crippen molar-refractivity contribution < 1.29 is 9.53 Å². The fourth-order valence-electron chi connectivity index (χ4n) is 1.96. The number of nitrogens with two attached hydrogens (primary N) is 1. The highest BCUT2D eigenvalue weighted by molar-refractivity contribution is 5.69. The summed E-state index contributed by atoms with van der Waals surface area (Å²) < 4.78 is 5.18.